The summed E-state index contributed by atoms with van der Waals surface area (Å²) in [7, 11) is 3.12. The molecule has 0 aromatic heterocycles. The topological polar surface area (TPSA) is 47.6 Å². The summed E-state index contributed by atoms with van der Waals surface area (Å²) in [5.41, 5.74) is 1.39. The Bertz CT molecular complexity index is 698. The maximum atomic E-state index is 11.9. The van der Waals surface area contributed by atoms with Crippen molar-refractivity contribution >= 4 is 29.3 Å². The van der Waals surface area contributed by atoms with Crippen LogP contribution in [0, 0.1) is 0 Å². The molecule has 0 saturated carbocycles. The van der Waals surface area contributed by atoms with E-state index in [0.29, 0.717) is 22.2 Å². The highest BCUT2D eigenvalue weighted by Crippen LogP contribution is 2.31. The van der Waals surface area contributed by atoms with Crippen LogP contribution in [0.3, 0.4) is 0 Å². The third kappa shape index (κ3) is 4.02. The van der Waals surface area contributed by atoms with Crippen LogP contribution >= 0.6 is 11.6 Å². The fourth-order valence-corrected chi connectivity index (χ4v) is 2.15. The number of para-hydroxylation sites is 1. The highest BCUT2D eigenvalue weighted by molar-refractivity contribution is 6.30. The molecule has 0 aliphatic heterocycles. The molecule has 0 radical (unpaired) electrons. The highest BCUT2D eigenvalue weighted by atomic mass is 35.5. The van der Waals surface area contributed by atoms with E-state index in [-0.39, 0.29) is 5.91 Å². The first-order valence-electron chi connectivity index (χ1n) is 6.59. The fraction of sp³-hybridized carbons (Fsp3) is 0.118. The van der Waals surface area contributed by atoms with Gasteiger partial charge in [-0.1, -0.05) is 29.8 Å². The highest BCUT2D eigenvalue weighted by Gasteiger charge is 2.07. The van der Waals surface area contributed by atoms with E-state index in [1.807, 2.05) is 12.1 Å². The molecule has 0 heterocycles. The van der Waals surface area contributed by atoms with Gasteiger partial charge in [-0.25, -0.2) is 0 Å². The first kappa shape index (κ1) is 15.9. The van der Waals surface area contributed by atoms with Crippen LogP contribution < -0.4 is 14.8 Å². The predicted molar refractivity (Wildman–Crippen MR) is 88.7 cm³/mol. The van der Waals surface area contributed by atoms with Gasteiger partial charge in [0.05, 0.1) is 14.2 Å². The Balaban J connectivity index is 2.13. The number of carbonyl (C=O) groups excluding carboxylic acids is 1. The van der Waals surface area contributed by atoms with Crippen LogP contribution in [0.2, 0.25) is 5.02 Å². The van der Waals surface area contributed by atoms with Gasteiger partial charge in [0.15, 0.2) is 11.5 Å². The molecule has 2 aromatic carbocycles. The summed E-state index contributed by atoms with van der Waals surface area (Å²) in [6.07, 6.45) is 3.10. The van der Waals surface area contributed by atoms with E-state index in [9.17, 15) is 4.79 Å². The van der Waals surface area contributed by atoms with Crippen molar-refractivity contribution < 1.29 is 14.3 Å². The summed E-state index contributed by atoms with van der Waals surface area (Å²) in [6, 6.07) is 12.4. The Morgan fingerprint density at radius 2 is 1.91 bits per heavy atom. The number of methoxy groups -OCH3 is 2. The Kier molecular flexibility index (Phi) is 5.44. The lowest BCUT2D eigenvalue weighted by Gasteiger charge is -2.09. The van der Waals surface area contributed by atoms with Crippen molar-refractivity contribution in [1.29, 1.82) is 0 Å². The van der Waals surface area contributed by atoms with Crippen molar-refractivity contribution in [3.63, 3.8) is 0 Å². The summed E-state index contributed by atoms with van der Waals surface area (Å²) < 4.78 is 10.5. The quantitative estimate of drug-likeness (QED) is 0.848. The summed E-state index contributed by atoms with van der Waals surface area (Å²) in [5.74, 6) is 0.934. The van der Waals surface area contributed by atoms with Crippen LogP contribution in [-0.4, -0.2) is 20.1 Å². The van der Waals surface area contributed by atoms with Gasteiger partial charge in [0, 0.05) is 22.3 Å². The van der Waals surface area contributed by atoms with Gasteiger partial charge in [-0.05, 0) is 30.3 Å². The molecule has 2 aromatic rings. The second-order valence-corrected chi connectivity index (χ2v) is 4.85. The maximum absolute atomic E-state index is 11.9. The summed E-state index contributed by atoms with van der Waals surface area (Å²) in [5, 5.41) is 3.30. The van der Waals surface area contributed by atoms with Gasteiger partial charge in [0.2, 0.25) is 5.91 Å². The second kappa shape index (κ2) is 7.52. The molecule has 0 spiro atoms. The number of nitrogens with one attached hydrogen (secondary N) is 1. The zero-order valence-corrected chi connectivity index (χ0v) is 13.1. The zero-order chi connectivity index (χ0) is 15.9. The fourth-order valence-electron chi connectivity index (χ4n) is 1.96. The number of halogens is 1. The minimum absolute atomic E-state index is 0.257. The van der Waals surface area contributed by atoms with Crippen LogP contribution in [-0.2, 0) is 4.79 Å². The van der Waals surface area contributed by atoms with Crippen molar-refractivity contribution in [3.8, 4) is 11.5 Å². The molecule has 5 heteroatoms. The molecule has 1 N–H and O–H groups in total. The van der Waals surface area contributed by atoms with E-state index in [4.69, 9.17) is 21.1 Å². The molecule has 2 rings (SSSR count). The average molecular weight is 318 g/mol. The maximum Gasteiger partial charge on any atom is 0.248 e. The molecular formula is C17H16ClNO3. The molecule has 0 atom stereocenters. The lowest BCUT2D eigenvalue weighted by molar-refractivity contribution is -0.111. The minimum atomic E-state index is -0.257. The van der Waals surface area contributed by atoms with E-state index < -0.39 is 0 Å². The van der Waals surface area contributed by atoms with Crippen LogP contribution in [0.25, 0.3) is 6.08 Å². The first-order valence-corrected chi connectivity index (χ1v) is 6.97. The predicted octanol–water partition coefficient (Wildman–Crippen LogP) is 4.01. The number of anilines is 1. The molecule has 0 aliphatic rings. The monoisotopic (exact) mass is 317 g/mol. The number of amides is 1. The Hall–Kier alpha value is -2.46. The molecule has 22 heavy (non-hydrogen) atoms. The van der Waals surface area contributed by atoms with Gasteiger partial charge in [-0.15, -0.1) is 0 Å². The Morgan fingerprint density at radius 3 is 2.59 bits per heavy atom. The smallest absolute Gasteiger partial charge is 0.248 e. The third-order valence-electron chi connectivity index (χ3n) is 2.94. The molecule has 4 nitrogen and oxygen atoms in total. The largest absolute Gasteiger partial charge is 0.493 e. The average Bonchev–Trinajstić information content (AvgIpc) is 2.52. The van der Waals surface area contributed by atoms with Gasteiger partial charge in [0.1, 0.15) is 0 Å². The molecular weight excluding hydrogens is 302 g/mol. The van der Waals surface area contributed by atoms with Crippen LogP contribution in [0.1, 0.15) is 5.56 Å². The van der Waals surface area contributed by atoms with Gasteiger partial charge >= 0.3 is 0 Å². The number of ether oxygens (including phenoxy) is 2. The summed E-state index contributed by atoms with van der Waals surface area (Å²) >= 11 is 5.87. The van der Waals surface area contributed by atoms with E-state index in [0.717, 1.165) is 5.56 Å². The molecule has 1 amide bonds. The van der Waals surface area contributed by atoms with Crippen molar-refractivity contribution in [1.82, 2.24) is 0 Å². The van der Waals surface area contributed by atoms with Gasteiger partial charge < -0.3 is 14.8 Å². The van der Waals surface area contributed by atoms with Gasteiger partial charge in [0.25, 0.3) is 0 Å². The zero-order valence-electron chi connectivity index (χ0n) is 12.3. The Labute approximate surface area is 134 Å². The second-order valence-electron chi connectivity index (χ2n) is 4.42. The van der Waals surface area contributed by atoms with Crippen LogP contribution in [0.4, 0.5) is 5.69 Å². The number of benzene rings is 2. The summed E-state index contributed by atoms with van der Waals surface area (Å²) in [4.78, 5) is 11.9. The standard InChI is InChI=1S/C17H16ClNO3/c1-21-15-8-3-5-12(17(15)22-2)9-10-16(20)19-14-7-4-6-13(18)11-14/h3-11H,1-2H3,(H,19,20)/b10-9+. The van der Waals surface area contributed by atoms with Crippen molar-refractivity contribution in [2.75, 3.05) is 19.5 Å². The SMILES string of the molecule is COc1cccc(/C=C/C(=O)Nc2cccc(Cl)c2)c1OC. The lowest BCUT2D eigenvalue weighted by Crippen LogP contribution is -2.07. The van der Waals surface area contributed by atoms with Gasteiger partial charge in [-0.3, -0.25) is 4.79 Å². The van der Waals surface area contributed by atoms with E-state index in [1.54, 1.807) is 50.6 Å². The van der Waals surface area contributed by atoms with E-state index in [1.165, 1.54) is 6.08 Å². The van der Waals surface area contributed by atoms with Gasteiger partial charge in [-0.2, -0.15) is 0 Å². The van der Waals surface area contributed by atoms with Crippen molar-refractivity contribution in [2.24, 2.45) is 0 Å². The molecule has 0 fully saturated rings. The minimum Gasteiger partial charge on any atom is -0.493 e. The summed E-state index contributed by atoms with van der Waals surface area (Å²) in [6.45, 7) is 0. The number of rotatable bonds is 5. The van der Waals surface area contributed by atoms with Crippen LogP contribution in [0.15, 0.2) is 48.5 Å². The number of carbonyl (C=O) groups is 1. The number of hydrogen-bond donors (Lipinski definition) is 1. The molecule has 0 saturated heterocycles. The van der Waals surface area contributed by atoms with Crippen molar-refractivity contribution in [2.45, 2.75) is 0 Å². The van der Waals surface area contributed by atoms with E-state index >= 15 is 0 Å². The van der Waals surface area contributed by atoms with E-state index in [2.05, 4.69) is 5.32 Å². The van der Waals surface area contributed by atoms with Crippen molar-refractivity contribution in [3.05, 3.63) is 59.1 Å². The molecule has 0 bridgehead atoms. The lowest BCUT2D eigenvalue weighted by atomic mass is 10.1. The molecule has 0 aliphatic carbocycles. The Morgan fingerprint density at radius 1 is 1.14 bits per heavy atom. The molecule has 0 unspecified atom stereocenters. The number of hydrogen-bond acceptors (Lipinski definition) is 3. The normalized spacial score (nSPS) is 10.5. The van der Waals surface area contributed by atoms with Crippen LogP contribution in [0.5, 0.6) is 11.5 Å². The third-order valence-corrected chi connectivity index (χ3v) is 3.17. The molecule has 114 valence electrons. The first-order chi connectivity index (χ1) is 10.6.